The minimum atomic E-state index is 0.142. The van der Waals surface area contributed by atoms with E-state index in [9.17, 15) is 0 Å². The zero-order valence-electron chi connectivity index (χ0n) is 11.4. The van der Waals surface area contributed by atoms with Gasteiger partial charge < -0.3 is 14.9 Å². The Morgan fingerprint density at radius 3 is 2.74 bits per heavy atom. The molecule has 0 spiro atoms. The Bertz CT molecular complexity index is 497. The van der Waals surface area contributed by atoms with Crippen molar-refractivity contribution in [3.63, 3.8) is 0 Å². The Balaban J connectivity index is 2.13. The van der Waals surface area contributed by atoms with Crippen LogP contribution in [-0.4, -0.2) is 25.6 Å². The lowest BCUT2D eigenvalue weighted by Gasteiger charge is -2.26. The van der Waals surface area contributed by atoms with Gasteiger partial charge in [0.15, 0.2) is 0 Å². The minimum absolute atomic E-state index is 0.142. The van der Waals surface area contributed by atoms with E-state index in [1.165, 1.54) is 0 Å². The van der Waals surface area contributed by atoms with E-state index < -0.39 is 0 Å². The van der Waals surface area contributed by atoms with Crippen molar-refractivity contribution in [1.29, 1.82) is 0 Å². The van der Waals surface area contributed by atoms with Crippen molar-refractivity contribution in [3.8, 4) is 5.75 Å². The topological polar surface area (TPSA) is 51.6 Å². The van der Waals surface area contributed by atoms with E-state index in [-0.39, 0.29) is 6.04 Å². The van der Waals surface area contributed by atoms with Crippen LogP contribution in [0.15, 0.2) is 47.3 Å². The molecule has 1 aromatic heterocycles. The fourth-order valence-electron chi connectivity index (χ4n) is 2.25. The molecule has 2 aromatic rings. The van der Waals surface area contributed by atoms with Gasteiger partial charge in [-0.15, -0.1) is 0 Å². The first-order valence-electron chi connectivity index (χ1n) is 6.30. The van der Waals surface area contributed by atoms with Gasteiger partial charge in [0.1, 0.15) is 5.75 Å². The number of likely N-dealkylation sites (N-methyl/N-ethyl adjacent to an activating group) is 1. The third-order valence-corrected chi connectivity index (χ3v) is 3.30. The molecule has 0 aliphatic carbocycles. The molecule has 4 heteroatoms. The summed E-state index contributed by atoms with van der Waals surface area (Å²) in [6, 6.07) is 10.1. The van der Waals surface area contributed by atoms with Crippen LogP contribution in [0, 0.1) is 0 Å². The SMILES string of the molecule is COc1ccccc1CN(C)C(CN)c1ccoc1. The number of hydrogen-bond acceptors (Lipinski definition) is 4. The Kier molecular flexibility index (Phi) is 4.60. The lowest BCUT2D eigenvalue weighted by Crippen LogP contribution is -2.30. The Hall–Kier alpha value is -1.78. The Morgan fingerprint density at radius 1 is 1.32 bits per heavy atom. The third kappa shape index (κ3) is 3.16. The number of rotatable bonds is 6. The van der Waals surface area contributed by atoms with E-state index in [4.69, 9.17) is 14.9 Å². The number of ether oxygens (including phenoxy) is 1. The first kappa shape index (κ1) is 13.6. The predicted octanol–water partition coefficient (Wildman–Crippen LogP) is 2.42. The number of methoxy groups -OCH3 is 1. The van der Waals surface area contributed by atoms with Crippen LogP contribution in [-0.2, 0) is 6.54 Å². The molecule has 102 valence electrons. The fourth-order valence-corrected chi connectivity index (χ4v) is 2.25. The Labute approximate surface area is 113 Å². The van der Waals surface area contributed by atoms with Crippen LogP contribution in [0.2, 0.25) is 0 Å². The molecule has 0 saturated carbocycles. The number of hydrogen-bond donors (Lipinski definition) is 1. The van der Waals surface area contributed by atoms with Crippen molar-refractivity contribution in [3.05, 3.63) is 54.0 Å². The second kappa shape index (κ2) is 6.41. The van der Waals surface area contributed by atoms with E-state index in [1.807, 2.05) is 24.3 Å². The smallest absolute Gasteiger partial charge is 0.123 e. The monoisotopic (exact) mass is 260 g/mol. The molecule has 0 fully saturated rings. The highest BCUT2D eigenvalue weighted by Gasteiger charge is 2.17. The molecule has 2 N–H and O–H groups in total. The van der Waals surface area contributed by atoms with Crippen LogP contribution >= 0.6 is 0 Å². The Morgan fingerprint density at radius 2 is 2.11 bits per heavy atom. The van der Waals surface area contributed by atoms with Gasteiger partial charge in [0.2, 0.25) is 0 Å². The quantitative estimate of drug-likeness (QED) is 0.866. The number of nitrogens with zero attached hydrogens (tertiary/aromatic N) is 1. The molecule has 4 nitrogen and oxygen atoms in total. The molecule has 0 radical (unpaired) electrons. The normalized spacial score (nSPS) is 12.6. The van der Waals surface area contributed by atoms with Crippen molar-refractivity contribution in [2.75, 3.05) is 20.7 Å². The molecule has 1 aromatic carbocycles. The molecule has 0 amide bonds. The van der Waals surface area contributed by atoms with Gasteiger partial charge in [0.05, 0.1) is 25.7 Å². The lowest BCUT2D eigenvalue weighted by atomic mass is 10.1. The van der Waals surface area contributed by atoms with Crippen molar-refractivity contribution in [2.45, 2.75) is 12.6 Å². The van der Waals surface area contributed by atoms with E-state index >= 15 is 0 Å². The number of nitrogens with two attached hydrogens (primary N) is 1. The average molecular weight is 260 g/mol. The summed E-state index contributed by atoms with van der Waals surface area (Å²) in [6.07, 6.45) is 3.42. The van der Waals surface area contributed by atoms with Crippen molar-refractivity contribution in [1.82, 2.24) is 4.90 Å². The van der Waals surface area contributed by atoms with Crippen LogP contribution in [0.5, 0.6) is 5.75 Å². The highest BCUT2D eigenvalue weighted by molar-refractivity contribution is 5.33. The van der Waals surface area contributed by atoms with Crippen LogP contribution in [0.3, 0.4) is 0 Å². The minimum Gasteiger partial charge on any atom is -0.496 e. The average Bonchev–Trinajstić information content (AvgIpc) is 2.94. The van der Waals surface area contributed by atoms with Crippen LogP contribution in [0.25, 0.3) is 0 Å². The molecule has 1 atom stereocenters. The maximum atomic E-state index is 5.87. The molecule has 0 aliphatic heterocycles. The van der Waals surface area contributed by atoms with Crippen LogP contribution < -0.4 is 10.5 Å². The number of benzene rings is 1. The molecule has 0 saturated heterocycles. The van der Waals surface area contributed by atoms with Gasteiger partial charge in [-0.2, -0.15) is 0 Å². The second-order valence-corrected chi connectivity index (χ2v) is 4.54. The molecule has 0 aliphatic rings. The van der Waals surface area contributed by atoms with Gasteiger partial charge in [0, 0.05) is 24.2 Å². The zero-order valence-corrected chi connectivity index (χ0v) is 11.4. The van der Waals surface area contributed by atoms with E-state index in [0.717, 1.165) is 23.4 Å². The molecular formula is C15H20N2O2. The van der Waals surface area contributed by atoms with Gasteiger partial charge >= 0.3 is 0 Å². The highest BCUT2D eigenvalue weighted by Crippen LogP contribution is 2.24. The molecular weight excluding hydrogens is 240 g/mol. The summed E-state index contributed by atoms with van der Waals surface area (Å²) in [4.78, 5) is 2.20. The summed E-state index contributed by atoms with van der Waals surface area (Å²) in [5.41, 5.74) is 8.12. The first-order valence-corrected chi connectivity index (χ1v) is 6.30. The molecule has 2 rings (SSSR count). The van der Waals surface area contributed by atoms with Crippen LogP contribution in [0.1, 0.15) is 17.2 Å². The predicted molar refractivity (Wildman–Crippen MR) is 75.0 cm³/mol. The largest absolute Gasteiger partial charge is 0.496 e. The molecule has 1 unspecified atom stereocenters. The van der Waals surface area contributed by atoms with Crippen molar-refractivity contribution >= 4 is 0 Å². The van der Waals surface area contributed by atoms with E-state index in [2.05, 4.69) is 18.0 Å². The van der Waals surface area contributed by atoms with Crippen molar-refractivity contribution in [2.24, 2.45) is 5.73 Å². The van der Waals surface area contributed by atoms with Gasteiger partial charge in [-0.25, -0.2) is 0 Å². The summed E-state index contributed by atoms with van der Waals surface area (Å²) < 4.78 is 10.5. The van der Waals surface area contributed by atoms with Crippen molar-refractivity contribution < 1.29 is 9.15 Å². The fraction of sp³-hybridized carbons (Fsp3) is 0.333. The van der Waals surface area contributed by atoms with E-state index in [0.29, 0.717) is 6.54 Å². The summed E-state index contributed by atoms with van der Waals surface area (Å²) >= 11 is 0. The van der Waals surface area contributed by atoms with E-state index in [1.54, 1.807) is 19.6 Å². The van der Waals surface area contributed by atoms with Crippen LogP contribution in [0.4, 0.5) is 0 Å². The molecule has 0 bridgehead atoms. The zero-order chi connectivity index (χ0) is 13.7. The first-order chi connectivity index (χ1) is 9.26. The standard InChI is InChI=1S/C15H20N2O2/c1-17(14(9-16)13-7-8-19-11-13)10-12-5-3-4-6-15(12)18-2/h3-8,11,14H,9-10,16H2,1-2H3. The third-order valence-electron chi connectivity index (χ3n) is 3.30. The summed E-state index contributed by atoms with van der Waals surface area (Å²) in [5.74, 6) is 0.900. The maximum Gasteiger partial charge on any atom is 0.123 e. The molecule has 19 heavy (non-hydrogen) atoms. The van der Waals surface area contributed by atoms with Gasteiger partial charge in [-0.1, -0.05) is 18.2 Å². The highest BCUT2D eigenvalue weighted by atomic mass is 16.5. The lowest BCUT2D eigenvalue weighted by molar-refractivity contribution is 0.237. The summed E-state index contributed by atoms with van der Waals surface area (Å²) in [6.45, 7) is 1.32. The molecule has 1 heterocycles. The maximum absolute atomic E-state index is 5.87. The van der Waals surface area contributed by atoms with Gasteiger partial charge in [0.25, 0.3) is 0 Å². The second-order valence-electron chi connectivity index (χ2n) is 4.54. The van der Waals surface area contributed by atoms with Gasteiger partial charge in [-0.3, -0.25) is 4.90 Å². The van der Waals surface area contributed by atoms with Gasteiger partial charge in [-0.05, 0) is 19.2 Å². The summed E-state index contributed by atoms with van der Waals surface area (Å²) in [5, 5.41) is 0. The number of para-hydroxylation sites is 1. The summed E-state index contributed by atoms with van der Waals surface area (Å²) in [7, 11) is 3.74. The number of furan rings is 1.